The Kier molecular flexibility index (Phi) is 5.21. The van der Waals surface area contributed by atoms with Crippen LogP contribution in [-0.2, 0) is 9.59 Å². The molecule has 2 amide bonds. The van der Waals surface area contributed by atoms with Crippen LogP contribution in [0.2, 0.25) is 0 Å². The second kappa shape index (κ2) is 6.44. The van der Waals surface area contributed by atoms with Gasteiger partial charge in [-0.25, -0.2) is 0 Å². The Morgan fingerprint density at radius 2 is 2.12 bits per heavy atom. The molecule has 0 aromatic heterocycles. The van der Waals surface area contributed by atoms with Gasteiger partial charge in [0.25, 0.3) is 0 Å². The van der Waals surface area contributed by atoms with Gasteiger partial charge >= 0.3 is 0 Å². The number of piperazine rings is 1. The number of carbonyl (C=O) groups excluding carboxylic acids is 2. The second-order valence-corrected chi connectivity index (χ2v) is 4.04. The standard InChI is InChI=1S/C10H20N4O2/c1-14(2)9(15)3-4-13-10(16)8-7-11-5-6-12-8/h8,11-12H,3-7H2,1-2H3,(H,13,16). The molecule has 0 radical (unpaired) electrons. The molecule has 6 nitrogen and oxygen atoms in total. The van der Waals surface area contributed by atoms with E-state index in [1.54, 1.807) is 14.1 Å². The summed E-state index contributed by atoms with van der Waals surface area (Å²) in [5, 5.41) is 8.99. The van der Waals surface area contributed by atoms with E-state index >= 15 is 0 Å². The molecule has 0 aromatic rings. The van der Waals surface area contributed by atoms with Crippen LogP contribution in [0.1, 0.15) is 6.42 Å². The van der Waals surface area contributed by atoms with Crippen LogP contribution < -0.4 is 16.0 Å². The van der Waals surface area contributed by atoms with Gasteiger partial charge in [0, 0.05) is 46.7 Å². The minimum atomic E-state index is -0.178. The minimum Gasteiger partial charge on any atom is -0.354 e. The zero-order chi connectivity index (χ0) is 12.0. The first-order valence-electron chi connectivity index (χ1n) is 5.53. The lowest BCUT2D eigenvalue weighted by molar-refractivity contribution is -0.128. The van der Waals surface area contributed by atoms with E-state index in [1.807, 2.05) is 0 Å². The predicted octanol–water partition coefficient (Wildman–Crippen LogP) is -1.86. The first-order chi connectivity index (χ1) is 7.61. The zero-order valence-corrected chi connectivity index (χ0v) is 9.88. The van der Waals surface area contributed by atoms with Crippen molar-refractivity contribution in [3.8, 4) is 0 Å². The van der Waals surface area contributed by atoms with Crippen LogP contribution in [0.15, 0.2) is 0 Å². The summed E-state index contributed by atoms with van der Waals surface area (Å²) in [7, 11) is 3.41. The third kappa shape index (κ3) is 4.16. The molecule has 0 aliphatic carbocycles. The molecule has 6 heteroatoms. The highest BCUT2D eigenvalue weighted by molar-refractivity contribution is 5.83. The van der Waals surface area contributed by atoms with Crippen LogP contribution >= 0.6 is 0 Å². The molecule has 1 aliphatic rings. The Hall–Kier alpha value is -1.14. The Labute approximate surface area is 95.8 Å². The van der Waals surface area contributed by atoms with Crippen molar-refractivity contribution < 1.29 is 9.59 Å². The fraction of sp³-hybridized carbons (Fsp3) is 0.800. The van der Waals surface area contributed by atoms with Crippen LogP contribution in [0.4, 0.5) is 0 Å². The maximum atomic E-state index is 11.6. The van der Waals surface area contributed by atoms with E-state index in [1.165, 1.54) is 4.90 Å². The van der Waals surface area contributed by atoms with Crippen molar-refractivity contribution in [3.63, 3.8) is 0 Å². The summed E-state index contributed by atoms with van der Waals surface area (Å²) in [6.07, 6.45) is 0.346. The predicted molar refractivity (Wildman–Crippen MR) is 61.0 cm³/mol. The van der Waals surface area contributed by atoms with Gasteiger partial charge in [-0.1, -0.05) is 0 Å². The first-order valence-corrected chi connectivity index (χ1v) is 5.53. The Bertz CT molecular complexity index is 249. The van der Waals surface area contributed by atoms with E-state index in [-0.39, 0.29) is 17.9 Å². The second-order valence-electron chi connectivity index (χ2n) is 4.04. The molecule has 1 rings (SSSR count). The third-order valence-electron chi connectivity index (χ3n) is 2.49. The number of hydrogen-bond acceptors (Lipinski definition) is 4. The summed E-state index contributed by atoms with van der Waals surface area (Å²) in [4.78, 5) is 24.4. The average Bonchev–Trinajstić information content (AvgIpc) is 2.29. The Morgan fingerprint density at radius 3 is 2.69 bits per heavy atom. The molecule has 1 atom stereocenters. The van der Waals surface area contributed by atoms with Crippen molar-refractivity contribution in [1.29, 1.82) is 0 Å². The van der Waals surface area contributed by atoms with E-state index in [0.717, 1.165) is 13.1 Å². The summed E-state index contributed by atoms with van der Waals surface area (Å²) in [6, 6.07) is -0.178. The van der Waals surface area contributed by atoms with Gasteiger partial charge < -0.3 is 20.9 Å². The van der Waals surface area contributed by atoms with Crippen molar-refractivity contribution in [2.75, 3.05) is 40.3 Å². The topological polar surface area (TPSA) is 73.5 Å². The lowest BCUT2D eigenvalue weighted by Crippen LogP contribution is -2.55. The van der Waals surface area contributed by atoms with Crippen molar-refractivity contribution in [1.82, 2.24) is 20.9 Å². The number of nitrogens with zero attached hydrogens (tertiary/aromatic N) is 1. The van der Waals surface area contributed by atoms with Gasteiger partial charge in [0.1, 0.15) is 0 Å². The van der Waals surface area contributed by atoms with Crippen LogP contribution in [-0.4, -0.2) is 63.0 Å². The van der Waals surface area contributed by atoms with Gasteiger partial charge in [0.2, 0.25) is 11.8 Å². The highest BCUT2D eigenvalue weighted by Gasteiger charge is 2.19. The number of nitrogens with one attached hydrogen (secondary N) is 3. The van der Waals surface area contributed by atoms with Crippen molar-refractivity contribution in [2.24, 2.45) is 0 Å². The lowest BCUT2D eigenvalue weighted by atomic mass is 10.2. The zero-order valence-electron chi connectivity index (χ0n) is 9.88. The molecule has 16 heavy (non-hydrogen) atoms. The molecule has 0 spiro atoms. The summed E-state index contributed by atoms with van der Waals surface area (Å²) >= 11 is 0. The molecular weight excluding hydrogens is 208 g/mol. The van der Waals surface area contributed by atoms with Crippen molar-refractivity contribution in [2.45, 2.75) is 12.5 Å². The third-order valence-corrected chi connectivity index (χ3v) is 2.49. The maximum Gasteiger partial charge on any atom is 0.238 e. The summed E-state index contributed by atoms with van der Waals surface area (Å²) in [5.41, 5.74) is 0. The van der Waals surface area contributed by atoms with E-state index in [4.69, 9.17) is 0 Å². The van der Waals surface area contributed by atoms with Gasteiger partial charge in [-0.2, -0.15) is 0 Å². The minimum absolute atomic E-state index is 0.0232. The van der Waals surface area contributed by atoms with Crippen LogP contribution in [0.25, 0.3) is 0 Å². The molecule has 3 N–H and O–H groups in total. The molecule has 1 saturated heterocycles. The van der Waals surface area contributed by atoms with E-state index in [9.17, 15) is 9.59 Å². The molecule has 92 valence electrons. The number of rotatable bonds is 4. The summed E-state index contributed by atoms with van der Waals surface area (Å²) in [5.74, 6) is -0.0196. The van der Waals surface area contributed by atoms with E-state index in [0.29, 0.717) is 19.5 Å². The highest BCUT2D eigenvalue weighted by atomic mass is 16.2. The smallest absolute Gasteiger partial charge is 0.238 e. The quantitative estimate of drug-likeness (QED) is 0.528. The largest absolute Gasteiger partial charge is 0.354 e. The van der Waals surface area contributed by atoms with E-state index in [2.05, 4.69) is 16.0 Å². The van der Waals surface area contributed by atoms with Gasteiger partial charge in [0.15, 0.2) is 0 Å². The number of hydrogen-bond donors (Lipinski definition) is 3. The molecule has 1 unspecified atom stereocenters. The van der Waals surface area contributed by atoms with Crippen molar-refractivity contribution in [3.05, 3.63) is 0 Å². The first kappa shape index (κ1) is 12.9. The molecule has 1 aliphatic heterocycles. The summed E-state index contributed by atoms with van der Waals surface area (Å²) < 4.78 is 0. The average molecular weight is 228 g/mol. The molecule has 0 aromatic carbocycles. The van der Waals surface area contributed by atoms with Gasteiger partial charge in [-0.15, -0.1) is 0 Å². The normalized spacial score (nSPS) is 20.2. The van der Waals surface area contributed by atoms with Gasteiger partial charge in [0.05, 0.1) is 6.04 Å². The maximum absolute atomic E-state index is 11.6. The lowest BCUT2D eigenvalue weighted by Gasteiger charge is -2.23. The Morgan fingerprint density at radius 1 is 1.38 bits per heavy atom. The van der Waals surface area contributed by atoms with Crippen LogP contribution in [0.3, 0.4) is 0 Å². The van der Waals surface area contributed by atoms with Gasteiger partial charge in [-0.3, -0.25) is 9.59 Å². The fourth-order valence-corrected chi connectivity index (χ4v) is 1.48. The summed E-state index contributed by atoms with van der Waals surface area (Å²) in [6.45, 7) is 2.74. The molecule has 0 bridgehead atoms. The highest BCUT2D eigenvalue weighted by Crippen LogP contribution is 1.89. The SMILES string of the molecule is CN(C)C(=O)CCNC(=O)C1CNCCN1. The molecular formula is C10H20N4O2. The van der Waals surface area contributed by atoms with Crippen molar-refractivity contribution >= 4 is 11.8 Å². The van der Waals surface area contributed by atoms with Gasteiger partial charge in [-0.05, 0) is 0 Å². The fourth-order valence-electron chi connectivity index (χ4n) is 1.48. The molecule has 1 fully saturated rings. The number of amides is 2. The monoisotopic (exact) mass is 228 g/mol. The molecule has 0 saturated carbocycles. The van der Waals surface area contributed by atoms with Crippen LogP contribution in [0, 0.1) is 0 Å². The van der Waals surface area contributed by atoms with Crippen LogP contribution in [0.5, 0.6) is 0 Å². The Balaban J connectivity index is 2.17. The van der Waals surface area contributed by atoms with E-state index < -0.39 is 0 Å². The molecule has 1 heterocycles. The number of carbonyl (C=O) groups is 2.